The summed E-state index contributed by atoms with van der Waals surface area (Å²) in [6.07, 6.45) is -1.15. The lowest BCUT2D eigenvalue weighted by atomic mass is 10.0. The Kier molecular flexibility index (Phi) is 7.22. The summed E-state index contributed by atoms with van der Waals surface area (Å²) >= 11 is 0.786. The van der Waals surface area contributed by atoms with E-state index in [2.05, 4.69) is 20.5 Å². The second-order valence-corrected chi connectivity index (χ2v) is 9.46. The standard InChI is InChI=1S/C23H24F2N8O4S/c1-5-15(32-10(3)7-16(30-32)33(36)37)22(35)29-18-17-12(13-9-27-31(6-2)11(13)4)8-14(20(24)25)28-23(17)38-19(18)21(26)34/h7-9,15,20H,5-6H2,1-4H3,(H2,26,34)(H,29,35). The number of carbonyl (C=O) groups excluding carboxylic acids is 2. The van der Waals surface area contributed by atoms with Gasteiger partial charge in [0.25, 0.3) is 18.2 Å². The normalized spacial score (nSPS) is 12.3. The number of nitrogens with zero attached hydrogens (tertiary/aromatic N) is 6. The Morgan fingerprint density at radius 1 is 1.24 bits per heavy atom. The van der Waals surface area contributed by atoms with Gasteiger partial charge in [-0.1, -0.05) is 6.92 Å². The first kappa shape index (κ1) is 26.8. The van der Waals surface area contributed by atoms with Crippen molar-refractivity contribution in [2.45, 2.75) is 53.1 Å². The number of alkyl halides is 2. The lowest BCUT2D eigenvalue weighted by Crippen LogP contribution is -2.28. The van der Waals surface area contributed by atoms with Gasteiger partial charge in [0, 0.05) is 23.2 Å². The number of rotatable bonds is 9. The minimum Gasteiger partial charge on any atom is -0.365 e. The Morgan fingerprint density at radius 3 is 2.47 bits per heavy atom. The molecule has 3 N–H and O–H groups in total. The molecule has 2 amide bonds. The van der Waals surface area contributed by atoms with E-state index in [9.17, 15) is 28.5 Å². The van der Waals surface area contributed by atoms with E-state index in [1.807, 2.05) is 6.92 Å². The molecule has 4 aromatic rings. The molecule has 0 spiro atoms. The third kappa shape index (κ3) is 4.60. The van der Waals surface area contributed by atoms with Crippen LogP contribution in [0.4, 0.5) is 20.3 Å². The van der Waals surface area contributed by atoms with Gasteiger partial charge < -0.3 is 21.2 Å². The number of halogens is 2. The number of fused-ring (bicyclic) bond motifs is 1. The zero-order valence-corrected chi connectivity index (χ0v) is 21.7. The van der Waals surface area contributed by atoms with Gasteiger partial charge in [-0.05, 0) is 43.7 Å². The molecular weight excluding hydrogens is 522 g/mol. The van der Waals surface area contributed by atoms with Crippen LogP contribution in [0.1, 0.15) is 59.5 Å². The van der Waals surface area contributed by atoms with Gasteiger partial charge in [0.1, 0.15) is 15.4 Å². The van der Waals surface area contributed by atoms with Crippen LogP contribution >= 0.6 is 11.3 Å². The Bertz CT molecular complexity index is 1580. The predicted octanol–water partition coefficient (Wildman–Crippen LogP) is 4.53. The lowest BCUT2D eigenvalue weighted by Gasteiger charge is -2.16. The molecule has 0 aliphatic rings. The van der Waals surface area contributed by atoms with Crippen molar-refractivity contribution in [3.05, 3.63) is 50.4 Å². The molecule has 15 heteroatoms. The first-order valence-corrected chi connectivity index (χ1v) is 12.4. The molecule has 4 aromatic heterocycles. The van der Waals surface area contributed by atoms with Gasteiger partial charge in [-0.3, -0.25) is 14.3 Å². The zero-order chi connectivity index (χ0) is 27.9. The Morgan fingerprint density at radius 2 is 1.95 bits per heavy atom. The molecule has 0 saturated carbocycles. The van der Waals surface area contributed by atoms with Crippen LogP contribution in [-0.4, -0.2) is 41.3 Å². The molecule has 0 aromatic carbocycles. The van der Waals surface area contributed by atoms with E-state index in [1.54, 1.807) is 25.5 Å². The second-order valence-electron chi connectivity index (χ2n) is 8.46. The summed E-state index contributed by atoms with van der Waals surface area (Å²) in [5, 5.41) is 22.4. The number of aromatic nitrogens is 5. The zero-order valence-electron chi connectivity index (χ0n) is 20.9. The maximum Gasteiger partial charge on any atom is 0.390 e. The molecule has 38 heavy (non-hydrogen) atoms. The summed E-state index contributed by atoms with van der Waals surface area (Å²) in [4.78, 5) is 40.4. The molecule has 12 nitrogen and oxygen atoms in total. The van der Waals surface area contributed by atoms with Crippen LogP contribution in [0.5, 0.6) is 0 Å². The van der Waals surface area contributed by atoms with Crippen LogP contribution in [0.25, 0.3) is 21.3 Å². The van der Waals surface area contributed by atoms with Crippen LogP contribution in [0.15, 0.2) is 18.3 Å². The van der Waals surface area contributed by atoms with E-state index in [0.717, 1.165) is 11.3 Å². The maximum atomic E-state index is 13.8. The third-order valence-electron chi connectivity index (χ3n) is 6.15. The van der Waals surface area contributed by atoms with Crippen LogP contribution in [0, 0.1) is 24.0 Å². The largest absolute Gasteiger partial charge is 0.390 e. The van der Waals surface area contributed by atoms with Crippen molar-refractivity contribution in [3.8, 4) is 11.1 Å². The fourth-order valence-corrected chi connectivity index (χ4v) is 5.33. The van der Waals surface area contributed by atoms with Crippen LogP contribution in [0.2, 0.25) is 0 Å². The molecule has 0 radical (unpaired) electrons. The van der Waals surface area contributed by atoms with Crippen LogP contribution < -0.4 is 11.1 Å². The van der Waals surface area contributed by atoms with Crippen molar-refractivity contribution in [1.29, 1.82) is 0 Å². The molecule has 0 aliphatic heterocycles. The topological polar surface area (TPSA) is 164 Å². The van der Waals surface area contributed by atoms with Crippen molar-refractivity contribution < 1.29 is 23.3 Å². The fourth-order valence-electron chi connectivity index (χ4n) is 4.32. The smallest absolute Gasteiger partial charge is 0.365 e. The molecule has 0 fully saturated rings. The molecule has 0 saturated heterocycles. The third-order valence-corrected chi connectivity index (χ3v) is 7.25. The van der Waals surface area contributed by atoms with Crippen LogP contribution in [0.3, 0.4) is 0 Å². The van der Waals surface area contributed by atoms with Crippen molar-refractivity contribution in [1.82, 2.24) is 24.5 Å². The number of nitrogens with one attached hydrogen (secondary N) is 1. The van der Waals surface area contributed by atoms with E-state index in [1.165, 1.54) is 23.0 Å². The highest BCUT2D eigenvalue weighted by molar-refractivity contribution is 7.21. The number of nitrogens with two attached hydrogens (primary N) is 1. The molecule has 4 rings (SSSR count). The Hall–Kier alpha value is -4.27. The number of pyridine rings is 1. The number of hydrogen-bond acceptors (Lipinski definition) is 8. The van der Waals surface area contributed by atoms with Gasteiger partial charge in [-0.25, -0.2) is 13.8 Å². The highest BCUT2D eigenvalue weighted by Gasteiger charge is 2.31. The first-order valence-electron chi connectivity index (χ1n) is 11.6. The second kappa shape index (κ2) is 10.2. The SMILES string of the molecule is CCC(C(=O)Nc1c(C(N)=O)sc2nc(C(F)F)cc(-c3cnn(CC)c3C)c12)n1nc([N+](=O)[O-])cc1C. The van der Waals surface area contributed by atoms with Crippen molar-refractivity contribution >= 4 is 44.9 Å². The number of carbonyl (C=O) groups is 2. The van der Waals surface area contributed by atoms with E-state index in [0.29, 0.717) is 29.1 Å². The van der Waals surface area contributed by atoms with E-state index < -0.39 is 40.7 Å². The molecule has 0 aliphatic carbocycles. The quantitative estimate of drug-likeness (QED) is 0.230. The summed E-state index contributed by atoms with van der Waals surface area (Å²) in [6.45, 7) is 7.47. The fraction of sp³-hybridized carbons (Fsp3) is 0.348. The van der Waals surface area contributed by atoms with Gasteiger partial charge in [-0.2, -0.15) is 9.78 Å². The minimum atomic E-state index is -2.89. The number of aryl methyl sites for hydroxylation is 2. The van der Waals surface area contributed by atoms with Crippen molar-refractivity contribution in [2.24, 2.45) is 5.73 Å². The summed E-state index contributed by atoms with van der Waals surface area (Å²) < 4.78 is 30.5. The summed E-state index contributed by atoms with van der Waals surface area (Å²) in [6, 6.07) is 1.48. The van der Waals surface area contributed by atoms with Gasteiger partial charge in [-0.15, -0.1) is 11.3 Å². The predicted molar refractivity (Wildman–Crippen MR) is 136 cm³/mol. The van der Waals surface area contributed by atoms with Gasteiger partial charge >= 0.3 is 5.82 Å². The monoisotopic (exact) mass is 546 g/mol. The van der Waals surface area contributed by atoms with E-state index in [-0.39, 0.29) is 27.2 Å². The van der Waals surface area contributed by atoms with Gasteiger partial charge in [0.2, 0.25) is 0 Å². The van der Waals surface area contributed by atoms with Crippen molar-refractivity contribution in [3.63, 3.8) is 0 Å². The average molecular weight is 547 g/mol. The van der Waals surface area contributed by atoms with Gasteiger partial charge in [0.05, 0.1) is 28.7 Å². The maximum absolute atomic E-state index is 13.8. The van der Waals surface area contributed by atoms with Crippen LogP contribution in [-0.2, 0) is 11.3 Å². The highest BCUT2D eigenvalue weighted by Crippen LogP contribution is 2.43. The average Bonchev–Trinajstić information content (AvgIpc) is 3.54. The van der Waals surface area contributed by atoms with Crippen molar-refractivity contribution in [2.75, 3.05) is 5.32 Å². The number of amides is 2. The molecule has 1 unspecified atom stereocenters. The van der Waals surface area contributed by atoms with Gasteiger partial charge in [0.15, 0.2) is 6.04 Å². The Balaban J connectivity index is 1.91. The number of anilines is 1. The number of hydrogen-bond donors (Lipinski definition) is 2. The first-order chi connectivity index (χ1) is 18.0. The molecule has 1 atom stereocenters. The summed E-state index contributed by atoms with van der Waals surface area (Å²) in [5.41, 5.74) is 7.03. The van der Waals surface area contributed by atoms with E-state index in [4.69, 9.17) is 5.73 Å². The Labute approximate surface area is 218 Å². The summed E-state index contributed by atoms with van der Waals surface area (Å²) in [7, 11) is 0. The molecule has 4 heterocycles. The summed E-state index contributed by atoms with van der Waals surface area (Å²) in [5.74, 6) is -1.92. The number of nitro groups is 1. The lowest BCUT2D eigenvalue weighted by molar-refractivity contribution is -0.389. The molecule has 200 valence electrons. The number of primary amides is 1. The molecule has 0 bridgehead atoms. The number of thiophene rings is 1. The molecular formula is C23H24F2N8O4S. The highest BCUT2D eigenvalue weighted by atomic mass is 32.1. The minimum absolute atomic E-state index is 0.0206. The van der Waals surface area contributed by atoms with E-state index >= 15 is 0 Å².